The van der Waals surface area contributed by atoms with Crippen molar-refractivity contribution in [2.45, 2.75) is 71.1 Å². The molecule has 2 aliphatic heterocycles. The standard InChI is InChI=1S/2C26H25NO4S/c2*1-19-13-15-22(16-14-19)32(30)26(25(29)31-2)17-23(28)27(18-20-9-5-3-6-10-20)24(26)21-11-7-4-8-12-21/h2*3-16,24H,17-18H2,1-2H3/t2*24-,26-,32+/m11/s1. The molecule has 10 nitrogen and oxygen atoms in total. The minimum absolute atomic E-state index is 0.188. The molecule has 2 fully saturated rings. The van der Waals surface area contributed by atoms with Crippen LogP contribution in [0.1, 0.15) is 58.3 Å². The van der Waals surface area contributed by atoms with Gasteiger partial charge in [-0.05, 0) is 60.4 Å². The first-order chi connectivity index (χ1) is 30.9. The van der Waals surface area contributed by atoms with Crippen molar-refractivity contribution >= 4 is 45.4 Å². The highest BCUT2D eigenvalue weighted by Gasteiger charge is 2.64. The molecule has 8 rings (SSSR count). The summed E-state index contributed by atoms with van der Waals surface area (Å²) in [7, 11) is -1.08. The van der Waals surface area contributed by atoms with Gasteiger partial charge in [0.25, 0.3) is 0 Å². The molecule has 64 heavy (non-hydrogen) atoms. The molecule has 0 spiro atoms. The lowest BCUT2D eigenvalue weighted by Gasteiger charge is -2.35. The van der Waals surface area contributed by atoms with Crippen LogP contribution in [-0.2, 0) is 63.3 Å². The van der Waals surface area contributed by atoms with Crippen molar-refractivity contribution in [2.24, 2.45) is 0 Å². The highest BCUT2D eigenvalue weighted by Crippen LogP contribution is 2.50. The van der Waals surface area contributed by atoms with Gasteiger partial charge in [-0.3, -0.25) is 27.6 Å². The van der Waals surface area contributed by atoms with E-state index in [1.54, 1.807) is 34.1 Å². The van der Waals surface area contributed by atoms with Crippen LogP contribution >= 0.6 is 0 Å². The zero-order valence-corrected chi connectivity index (χ0v) is 37.8. The van der Waals surface area contributed by atoms with E-state index in [2.05, 4.69) is 0 Å². The van der Waals surface area contributed by atoms with Gasteiger partial charge in [0.2, 0.25) is 11.8 Å². The lowest BCUT2D eigenvalue weighted by molar-refractivity contribution is -0.145. The Bertz CT molecular complexity index is 2450. The van der Waals surface area contributed by atoms with Crippen molar-refractivity contribution in [1.29, 1.82) is 0 Å². The SMILES string of the molecule is COC(=O)[C@@]1([S@@](=O)c2ccc(C)cc2)CC(=O)N(Cc2ccccc2)[C@@H]1c1ccccc1.COC(=O)[C@@]1([S@@](=O)c2ccc(C)cc2)CC(=O)N(Cc2ccccc2)[C@@H]1c1ccccc1. The second-order valence-corrected chi connectivity index (χ2v) is 19.4. The number of carbonyl (C=O) groups excluding carboxylic acids is 4. The topological polar surface area (TPSA) is 127 Å². The van der Waals surface area contributed by atoms with Crippen molar-refractivity contribution in [1.82, 2.24) is 9.80 Å². The first kappa shape index (κ1) is 45.5. The van der Waals surface area contributed by atoms with E-state index in [4.69, 9.17) is 9.47 Å². The Morgan fingerprint density at radius 3 is 1.09 bits per heavy atom. The quantitative estimate of drug-likeness (QED) is 0.112. The van der Waals surface area contributed by atoms with Crippen molar-refractivity contribution in [3.63, 3.8) is 0 Å². The molecular formula is C52H50N2O8S2. The molecule has 0 N–H and O–H groups in total. The number of aryl methyl sites for hydroxylation is 2. The molecule has 0 unspecified atom stereocenters. The Morgan fingerprint density at radius 2 is 0.797 bits per heavy atom. The van der Waals surface area contributed by atoms with Gasteiger partial charge in [0.15, 0.2) is 9.49 Å². The summed E-state index contributed by atoms with van der Waals surface area (Å²) < 4.78 is 35.3. The number of amides is 2. The predicted octanol–water partition coefficient (Wildman–Crippen LogP) is 8.38. The van der Waals surface area contributed by atoms with E-state index in [1.807, 2.05) is 159 Å². The molecule has 0 radical (unpaired) electrons. The summed E-state index contributed by atoms with van der Waals surface area (Å²) in [5.41, 5.74) is 5.41. The number of nitrogens with zero attached hydrogens (tertiary/aromatic N) is 2. The molecule has 328 valence electrons. The second-order valence-electron chi connectivity index (χ2n) is 15.9. The monoisotopic (exact) mass is 894 g/mol. The number of esters is 2. The first-order valence-electron chi connectivity index (χ1n) is 20.8. The lowest BCUT2D eigenvalue weighted by Crippen LogP contribution is -2.48. The van der Waals surface area contributed by atoms with Crippen LogP contribution in [-0.4, -0.2) is 65.7 Å². The molecule has 2 saturated heterocycles. The van der Waals surface area contributed by atoms with Crippen LogP contribution in [0.5, 0.6) is 0 Å². The van der Waals surface area contributed by atoms with Crippen molar-refractivity contribution < 1.29 is 37.1 Å². The number of carbonyl (C=O) groups is 4. The third-order valence-corrected chi connectivity index (χ3v) is 15.6. The van der Waals surface area contributed by atoms with Crippen LogP contribution in [0.4, 0.5) is 0 Å². The molecule has 2 heterocycles. The van der Waals surface area contributed by atoms with Gasteiger partial charge < -0.3 is 19.3 Å². The maximum atomic E-state index is 14.0. The van der Waals surface area contributed by atoms with Crippen LogP contribution < -0.4 is 0 Å². The fourth-order valence-corrected chi connectivity index (χ4v) is 12.2. The largest absolute Gasteiger partial charge is 0.468 e. The van der Waals surface area contributed by atoms with E-state index in [0.29, 0.717) is 22.9 Å². The van der Waals surface area contributed by atoms with E-state index < -0.39 is 55.1 Å². The Labute approximate surface area is 379 Å². The average molecular weight is 895 g/mol. The van der Waals surface area contributed by atoms with E-state index in [0.717, 1.165) is 33.4 Å². The number of ether oxygens (including phenoxy) is 2. The fourth-order valence-electron chi connectivity index (χ4n) is 8.67. The summed E-state index contributed by atoms with van der Waals surface area (Å²) in [6.45, 7) is 4.50. The Kier molecular flexibility index (Phi) is 14.2. The molecule has 0 saturated carbocycles. The van der Waals surface area contributed by atoms with Gasteiger partial charge in [0, 0.05) is 22.9 Å². The third kappa shape index (κ3) is 8.98. The van der Waals surface area contributed by atoms with E-state index >= 15 is 0 Å². The Morgan fingerprint density at radius 1 is 0.500 bits per heavy atom. The Balaban J connectivity index is 0.000000191. The van der Waals surface area contributed by atoms with Crippen LogP contribution in [0.25, 0.3) is 0 Å². The number of likely N-dealkylation sites (tertiary alicyclic amines) is 2. The molecular weight excluding hydrogens is 845 g/mol. The molecule has 12 heteroatoms. The van der Waals surface area contributed by atoms with Gasteiger partial charge >= 0.3 is 11.9 Å². The highest BCUT2D eigenvalue weighted by atomic mass is 32.2. The number of methoxy groups -OCH3 is 2. The maximum Gasteiger partial charge on any atom is 0.328 e. The first-order valence-corrected chi connectivity index (χ1v) is 23.1. The van der Waals surface area contributed by atoms with Crippen molar-refractivity contribution in [2.75, 3.05) is 14.2 Å². The van der Waals surface area contributed by atoms with E-state index in [1.165, 1.54) is 14.2 Å². The number of hydrogen-bond donors (Lipinski definition) is 0. The van der Waals surface area contributed by atoms with Gasteiger partial charge in [-0.25, -0.2) is 0 Å². The van der Waals surface area contributed by atoms with Gasteiger partial charge in [-0.15, -0.1) is 0 Å². The molecule has 0 bridgehead atoms. The predicted molar refractivity (Wildman–Crippen MR) is 246 cm³/mol. The lowest BCUT2D eigenvalue weighted by atomic mass is 9.92. The third-order valence-electron chi connectivity index (χ3n) is 11.8. The van der Waals surface area contributed by atoms with E-state index in [-0.39, 0.29) is 24.7 Å². The number of hydrogen-bond acceptors (Lipinski definition) is 8. The molecule has 0 aliphatic carbocycles. The zero-order chi connectivity index (χ0) is 45.4. The fraction of sp³-hybridized carbons (Fsp3) is 0.231. The summed E-state index contributed by atoms with van der Waals surface area (Å²) in [6.07, 6.45) is -0.376. The van der Waals surface area contributed by atoms with Crippen LogP contribution in [0.3, 0.4) is 0 Å². The summed E-state index contributed by atoms with van der Waals surface area (Å²) in [5, 5.41) is 0. The smallest absolute Gasteiger partial charge is 0.328 e. The van der Waals surface area contributed by atoms with E-state index in [9.17, 15) is 27.6 Å². The van der Waals surface area contributed by atoms with Crippen LogP contribution in [0, 0.1) is 13.8 Å². The highest BCUT2D eigenvalue weighted by molar-refractivity contribution is 7.87. The van der Waals surface area contributed by atoms with Crippen LogP contribution in [0.2, 0.25) is 0 Å². The minimum atomic E-state index is -1.82. The van der Waals surface area contributed by atoms with Gasteiger partial charge in [0.1, 0.15) is 0 Å². The van der Waals surface area contributed by atoms with Crippen LogP contribution in [0.15, 0.2) is 180 Å². The summed E-state index contributed by atoms with van der Waals surface area (Å²) in [5.74, 6) is -1.74. The normalized spacial score (nSPS) is 21.4. The number of benzene rings is 6. The molecule has 0 aromatic heterocycles. The van der Waals surface area contributed by atoms with Crippen molar-refractivity contribution in [3.8, 4) is 0 Å². The zero-order valence-electron chi connectivity index (χ0n) is 36.1. The average Bonchev–Trinajstić information content (AvgIpc) is 3.80. The number of rotatable bonds is 12. The van der Waals surface area contributed by atoms with Gasteiger partial charge in [0.05, 0.1) is 60.7 Å². The summed E-state index contributed by atoms with van der Waals surface area (Å²) in [4.78, 5) is 57.8. The molecule has 6 aromatic carbocycles. The molecule has 6 aromatic rings. The van der Waals surface area contributed by atoms with Gasteiger partial charge in [-0.2, -0.15) is 0 Å². The molecule has 6 atom stereocenters. The Hall–Kier alpha value is -6.50. The summed E-state index contributed by atoms with van der Waals surface area (Å²) in [6, 6.07) is 50.8. The van der Waals surface area contributed by atoms with Crippen molar-refractivity contribution in [3.05, 3.63) is 203 Å². The maximum absolute atomic E-state index is 14.0. The molecule has 2 amide bonds. The van der Waals surface area contributed by atoms with Gasteiger partial charge in [-0.1, -0.05) is 157 Å². The minimum Gasteiger partial charge on any atom is -0.468 e. The second kappa shape index (κ2) is 19.9. The summed E-state index contributed by atoms with van der Waals surface area (Å²) >= 11 is 0. The molecule has 2 aliphatic rings.